The number of para-hydroxylation sites is 1. The molecule has 1 aromatic heterocycles. The first-order valence-corrected chi connectivity index (χ1v) is 9.58. The van der Waals surface area contributed by atoms with Gasteiger partial charge in [-0.25, -0.2) is 10.4 Å². The first kappa shape index (κ1) is 17.4. The highest BCUT2D eigenvalue weighted by Gasteiger charge is 2.06. The Morgan fingerprint density at radius 3 is 3.04 bits per heavy atom. The number of thiazole rings is 1. The number of rotatable bonds is 7. The Labute approximate surface area is 154 Å². The quantitative estimate of drug-likeness (QED) is 0.388. The van der Waals surface area contributed by atoms with E-state index >= 15 is 0 Å². The standard InChI is InChI=1S/C18H17N3O2S2/c1-2-23-14-7-5-6-13(10-14)11-19-21-17(22)12-24-18-20-15-8-3-4-9-16(15)25-18/h3-11H,2,12H2,1H3,(H,21,22)/b19-11+. The number of ether oxygens (including phenoxy) is 1. The fourth-order valence-electron chi connectivity index (χ4n) is 2.10. The van der Waals surface area contributed by atoms with Gasteiger partial charge in [-0.05, 0) is 36.8 Å². The van der Waals surface area contributed by atoms with Gasteiger partial charge < -0.3 is 4.74 Å². The number of carbonyl (C=O) groups excluding carboxylic acids is 1. The Bertz CT molecular complexity index is 860. The number of benzene rings is 2. The van der Waals surface area contributed by atoms with Crippen LogP contribution in [0.3, 0.4) is 0 Å². The Morgan fingerprint density at radius 1 is 1.32 bits per heavy atom. The molecule has 25 heavy (non-hydrogen) atoms. The van der Waals surface area contributed by atoms with Crippen molar-refractivity contribution in [2.75, 3.05) is 12.4 Å². The van der Waals surface area contributed by atoms with Crippen molar-refractivity contribution in [3.8, 4) is 5.75 Å². The summed E-state index contributed by atoms with van der Waals surface area (Å²) in [6, 6.07) is 15.5. The molecule has 0 unspecified atom stereocenters. The summed E-state index contributed by atoms with van der Waals surface area (Å²) in [6.45, 7) is 2.55. The number of fused-ring (bicyclic) bond motifs is 1. The van der Waals surface area contributed by atoms with Gasteiger partial charge >= 0.3 is 0 Å². The van der Waals surface area contributed by atoms with Gasteiger partial charge in [-0.15, -0.1) is 11.3 Å². The van der Waals surface area contributed by atoms with Gasteiger partial charge in [0.2, 0.25) is 0 Å². The highest BCUT2D eigenvalue weighted by Crippen LogP contribution is 2.28. The second kappa shape index (κ2) is 8.64. The molecule has 0 spiro atoms. The van der Waals surface area contributed by atoms with Crippen LogP contribution in [0, 0.1) is 0 Å². The molecule has 1 N–H and O–H groups in total. The van der Waals surface area contributed by atoms with Crippen molar-refractivity contribution in [2.45, 2.75) is 11.3 Å². The number of amides is 1. The van der Waals surface area contributed by atoms with Crippen LogP contribution in [0.1, 0.15) is 12.5 Å². The number of carbonyl (C=O) groups is 1. The smallest absolute Gasteiger partial charge is 0.250 e. The van der Waals surface area contributed by atoms with E-state index in [1.807, 2.05) is 55.5 Å². The lowest BCUT2D eigenvalue weighted by Gasteiger charge is -2.03. The molecule has 5 nitrogen and oxygen atoms in total. The van der Waals surface area contributed by atoms with Crippen LogP contribution >= 0.6 is 23.1 Å². The molecule has 1 amide bonds. The zero-order chi connectivity index (χ0) is 17.5. The number of hydrazone groups is 1. The van der Waals surface area contributed by atoms with Crippen molar-refractivity contribution in [1.29, 1.82) is 0 Å². The highest BCUT2D eigenvalue weighted by atomic mass is 32.2. The molecule has 0 saturated heterocycles. The van der Waals surface area contributed by atoms with E-state index < -0.39 is 0 Å². The van der Waals surface area contributed by atoms with Crippen molar-refractivity contribution in [1.82, 2.24) is 10.4 Å². The van der Waals surface area contributed by atoms with E-state index in [4.69, 9.17) is 4.74 Å². The van der Waals surface area contributed by atoms with Gasteiger partial charge in [-0.2, -0.15) is 5.10 Å². The van der Waals surface area contributed by atoms with E-state index in [-0.39, 0.29) is 11.7 Å². The van der Waals surface area contributed by atoms with E-state index in [1.165, 1.54) is 11.8 Å². The maximum atomic E-state index is 11.9. The summed E-state index contributed by atoms with van der Waals surface area (Å²) in [6.07, 6.45) is 1.60. The Balaban J connectivity index is 1.50. The van der Waals surface area contributed by atoms with Crippen LogP contribution in [-0.2, 0) is 4.79 Å². The molecular formula is C18H17N3O2S2. The zero-order valence-corrected chi connectivity index (χ0v) is 15.3. The lowest BCUT2D eigenvalue weighted by atomic mass is 10.2. The molecule has 0 aliphatic carbocycles. The summed E-state index contributed by atoms with van der Waals surface area (Å²) in [7, 11) is 0. The second-order valence-corrected chi connectivity index (χ2v) is 7.29. The van der Waals surface area contributed by atoms with Gasteiger partial charge in [0.15, 0.2) is 4.34 Å². The summed E-state index contributed by atoms with van der Waals surface area (Å²) >= 11 is 3.00. The molecule has 2 aromatic carbocycles. The molecule has 0 aliphatic heterocycles. The Hall–Kier alpha value is -2.38. The number of nitrogens with one attached hydrogen (secondary N) is 1. The normalized spacial score (nSPS) is 11.1. The molecule has 0 radical (unpaired) electrons. The maximum Gasteiger partial charge on any atom is 0.250 e. The van der Waals surface area contributed by atoms with Crippen molar-refractivity contribution >= 4 is 45.4 Å². The number of hydrogen-bond donors (Lipinski definition) is 1. The molecule has 3 aromatic rings. The third-order valence-corrected chi connectivity index (χ3v) is 5.35. The van der Waals surface area contributed by atoms with Gasteiger partial charge in [0.25, 0.3) is 5.91 Å². The summed E-state index contributed by atoms with van der Waals surface area (Å²) in [5.41, 5.74) is 4.36. The predicted molar refractivity (Wildman–Crippen MR) is 104 cm³/mol. The van der Waals surface area contributed by atoms with Gasteiger partial charge in [0, 0.05) is 0 Å². The number of nitrogens with zero attached hydrogens (tertiary/aromatic N) is 2. The van der Waals surface area contributed by atoms with E-state index in [9.17, 15) is 4.79 Å². The minimum Gasteiger partial charge on any atom is -0.494 e. The SMILES string of the molecule is CCOc1cccc(/C=N/NC(=O)CSc2nc3ccccc3s2)c1. The summed E-state index contributed by atoms with van der Waals surface area (Å²) in [5.74, 6) is 0.890. The topological polar surface area (TPSA) is 63.6 Å². The van der Waals surface area contributed by atoms with E-state index in [1.54, 1.807) is 17.6 Å². The summed E-state index contributed by atoms with van der Waals surface area (Å²) in [5, 5.41) is 3.99. The molecule has 0 aliphatic rings. The molecule has 1 heterocycles. The molecule has 0 fully saturated rings. The van der Waals surface area contributed by atoms with Gasteiger partial charge in [-0.1, -0.05) is 36.0 Å². The fraction of sp³-hybridized carbons (Fsp3) is 0.167. The number of aromatic nitrogens is 1. The summed E-state index contributed by atoms with van der Waals surface area (Å²) in [4.78, 5) is 16.4. The van der Waals surface area contributed by atoms with Gasteiger partial charge in [-0.3, -0.25) is 4.79 Å². The summed E-state index contributed by atoms with van der Waals surface area (Å²) < 4.78 is 7.43. The highest BCUT2D eigenvalue weighted by molar-refractivity contribution is 8.01. The Kier molecular flexibility index (Phi) is 6.03. The number of thioether (sulfide) groups is 1. The van der Waals surface area contributed by atoms with Crippen LogP contribution in [0.25, 0.3) is 10.2 Å². The van der Waals surface area contributed by atoms with Crippen molar-refractivity contribution < 1.29 is 9.53 Å². The van der Waals surface area contributed by atoms with E-state index in [0.717, 1.165) is 25.9 Å². The lowest BCUT2D eigenvalue weighted by Crippen LogP contribution is -2.19. The van der Waals surface area contributed by atoms with E-state index in [2.05, 4.69) is 15.5 Å². The second-order valence-electron chi connectivity index (χ2n) is 5.03. The first-order chi connectivity index (χ1) is 12.2. The van der Waals surface area contributed by atoms with Crippen molar-refractivity contribution in [3.05, 3.63) is 54.1 Å². The van der Waals surface area contributed by atoms with Crippen LogP contribution in [-0.4, -0.2) is 29.5 Å². The van der Waals surface area contributed by atoms with Crippen LogP contribution in [0.15, 0.2) is 58.0 Å². The molecule has 0 atom stereocenters. The van der Waals surface area contributed by atoms with Crippen molar-refractivity contribution in [3.63, 3.8) is 0 Å². The minimum atomic E-state index is -0.165. The Morgan fingerprint density at radius 2 is 2.20 bits per heavy atom. The third kappa shape index (κ3) is 5.04. The van der Waals surface area contributed by atoms with Crippen LogP contribution in [0.2, 0.25) is 0 Å². The van der Waals surface area contributed by atoms with E-state index in [0.29, 0.717) is 6.61 Å². The van der Waals surface area contributed by atoms with Crippen molar-refractivity contribution in [2.24, 2.45) is 5.10 Å². The maximum absolute atomic E-state index is 11.9. The van der Waals surface area contributed by atoms with Crippen LogP contribution < -0.4 is 10.2 Å². The first-order valence-electron chi connectivity index (χ1n) is 7.78. The average molecular weight is 371 g/mol. The predicted octanol–water partition coefficient (Wildman–Crippen LogP) is 3.94. The van der Waals surface area contributed by atoms with Crippen LogP contribution in [0.4, 0.5) is 0 Å². The molecule has 0 saturated carbocycles. The van der Waals surface area contributed by atoms with Gasteiger partial charge in [0.1, 0.15) is 5.75 Å². The monoisotopic (exact) mass is 371 g/mol. The molecule has 0 bridgehead atoms. The molecular weight excluding hydrogens is 354 g/mol. The zero-order valence-electron chi connectivity index (χ0n) is 13.6. The molecule has 128 valence electrons. The minimum absolute atomic E-state index is 0.165. The fourth-order valence-corrected chi connectivity index (χ4v) is 3.96. The largest absolute Gasteiger partial charge is 0.494 e. The third-order valence-electron chi connectivity index (χ3n) is 3.17. The lowest BCUT2D eigenvalue weighted by molar-refractivity contribution is -0.118. The van der Waals surface area contributed by atoms with Crippen LogP contribution in [0.5, 0.6) is 5.75 Å². The number of hydrogen-bond acceptors (Lipinski definition) is 6. The molecule has 7 heteroatoms. The molecule has 3 rings (SSSR count). The average Bonchev–Trinajstić information content (AvgIpc) is 3.04. The van der Waals surface area contributed by atoms with Gasteiger partial charge in [0.05, 0.1) is 28.8 Å².